The lowest BCUT2D eigenvalue weighted by Gasteiger charge is -2.14. The number of benzene rings is 3. The van der Waals surface area contributed by atoms with Crippen LogP contribution in [0.4, 0.5) is 8.78 Å². The molecule has 0 fully saturated rings. The predicted molar refractivity (Wildman–Crippen MR) is 135 cm³/mol. The van der Waals surface area contributed by atoms with E-state index in [0.717, 1.165) is 15.7 Å². The van der Waals surface area contributed by atoms with Crippen LogP contribution in [0, 0.1) is 11.6 Å². The molecule has 2 aromatic heterocycles. The van der Waals surface area contributed by atoms with Gasteiger partial charge in [-0.3, -0.25) is 9.36 Å². The summed E-state index contributed by atoms with van der Waals surface area (Å²) < 4.78 is 31.9. The predicted octanol–water partition coefficient (Wildman–Crippen LogP) is 4.85. The summed E-state index contributed by atoms with van der Waals surface area (Å²) in [6.45, 7) is 4.17. The lowest BCUT2D eigenvalue weighted by atomic mass is 10.0. The molecule has 36 heavy (non-hydrogen) atoms. The zero-order chi connectivity index (χ0) is 25.4. The van der Waals surface area contributed by atoms with Crippen LogP contribution in [-0.2, 0) is 13.1 Å². The molecule has 0 saturated heterocycles. The van der Waals surface area contributed by atoms with Gasteiger partial charge < -0.3 is 4.57 Å². The van der Waals surface area contributed by atoms with Crippen LogP contribution in [0.1, 0.15) is 36.5 Å². The molecule has 0 aliphatic heterocycles. The van der Waals surface area contributed by atoms with Crippen LogP contribution >= 0.6 is 0 Å². The number of fused-ring (bicyclic) bond motifs is 1. The zero-order valence-electron chi connectivity index (χ0n) is 19.9. The minimum Gasteiger partial charge on any atom is -0.320 e. The van der Waals surface area contributed by atoms with Gasteiger partial charge in [0.1, 0.15) is 11.6 Å². The molecule has 0 unspecified atom stereocenters. The maximum absolute atomic E-state index is 14.5. The summed E-state index contributed by atoms with van der Waals surface area (Å²) in [6.07, 6.45) is 1.49. The maximum atomic E-state index is 14.5. The van der Waals surface area contributed by atoms with Crippen LogP contribution < -0.4 is 11.2 Å². The summed E-state index contributed by atoms with van der Waals surface area (Å²) in [6, 6.07) is 19.5. The summed E-state index contributed by atoms with van der Waals surface area (Å²) in [4.78, 5) is 31.7. The van der Waals surface area contributed by atoms with Crippen molar-refractivity contribution in [2.45, 2.75) is 32.9 Å². The molecule has 2 heterocycles. The SMILES string of the molecule is CC(C)c1ccc(-n2c(=O)n(Cc3ccccc3F)c(=O)c3c2ncn3Cc2ccc(F)cc2)cc1. The Morgan fingerprint density at radius 2 is 1.56 bits per heavy atom. The summed E-state index contributed by atoms with van der Waals surface area (Å²) in [7, 11) is 0. The van der Waals surface area contributed by atoms with Crippen LogP contribution in [0.5, 0.6) is 0 Å². The highest BCUT2D eigenvalue weighted by molar-refractivity contribution is 5.72. The number of halogens is 2. The third kappa shape index (κ3) is 4.26. The minimum atomic E-state index is -0.611. The van der Waals surface area contributed by atoms with E-state index in [1.54, 1.807) is 34.9 Å². The van der Waals surface area contributed by atoms with E-state index in [1.165, 1.54) is 29.1 Å². The molecule has 5 aromatic rings. The number of hydrogen-bond acceptors (Lipinski definition) is 3. The Balaban J connectivity index is 1.74. The molecule has 0 spiro atoms. The Labute approximate surface area is 205 Å². The standard InChI is InChI=1S/C28H24F2N4O2/c1-18(2)20-9-13-23(14-10-20)34-26-25(32(17-31-26)15-19-7-11-22(29)12-8-19)27(35)33(28(34)36)16-21-5-3-4-6-24(21)30/h3-14,17-18H,15-16H2,1-2H3. The first kappa shape index (κ1) is 23.4. The second-order valence-corrected chi connectivity index (χ2v) is 9.02. The Morgan fingerprint density at radius 3 is 2.22 bits per heavy atom. The quantitative estimate of drug-likeness (QED) is 0.345. The number of imidazole rings is 1. The minimum absolute atomic E-state index is 0.197. The summed E-state index contributed by atoms with van der Waals surface area (Å²) in [5, 5.41) is 0. The van der Waals surface area contributed by atoms with Gasteiger partial charge in [0.2, 0.25) is 0 Å². The van der Waals surface area contributed by atoms with Crippen LogP contribution in [0.2, 0.25) is 0 Å². The van der Waals surface area contributed by atoms with Gasteiger partial charge in [0.15, 0.2) is 11.2 Å². The second-order valence-electron chi connectivity index (χ2n) is 9.02. The van der Waals surface area contributed by atoms with Gasteiger partial charge in [0.25, 0.3) is 5.56 Å². The van der Waals surface area contributed by atoms with Crippen molar-refractivity contribution in [3.63, 3.8) is 0 Å². The van der Waals surface area contributed by atoms with Gasteiger partial charge in [-0.2, -0.15) is 0 Å². The third-order valence-corrected chi connectivity index (χ3v) is 6.27. The maximum Gasteiger partial charge on any atom is 0.337 e. The molecule has 6 nitrogen and oxygen atoms in total. The van der Waals surface area contributed by atoms with E-state index >= 15 is 0 Å². The first-order chi connectivity index (χ1) is 17.3. The van der Waals surface area contributed by atoms with Crippen molar-refractivity contribution in [3.8, 4) is 5.69 Å². The summed E-state index contributed by atoms with van der Waals surface area (Å²) in [5.41, 5.74) is 1.84. The van der Waals surface area contributed by atoms with E-state index in [-0.39, 0.29) is 35.6 Å². The van der Waals surface area contributed by atoms with E-state index in [9.17, 15) is 18.4 Å². The van der Waals surface area contributed by atoms with Gasteiger partial charge in [-0.25, -0.2) is 23.1 Å². The van der Waals surface area contributed by atoms with Gasteiger partial charge in [-0.1, -0.05) is 56.3 Å². The third-order valence-electron chi connectivity index (χ3n) is 6.27. The molecule has 182 valence electrons. The van der Waals surface area contributed by atoms with Gasteiger partial charge in [0, 0.05) is 12.1 Å². The smallest absolute Gasteiger partial charge is 0.320 e. The van der Waals surface area contributed by atoms with E-state index in [2.05, 4.69) is 18.8 Å². The highest BCUT2D eigenvalue weighted by Gasteiger charge is 2.20. The van der Waals surface area contributed by atoms with E-state index in [4.69, 9.17) is 0 Å². The van der Waals surface area contributed by atoms with Crippen molar-refractivity contribution < 1.29 is 8.78 Å². The molecule has 5 rings (SSSR count). The normalized spacial score (nSPS) is 11.5. The van der Waals surface area contributed by atoms with Crippen LogP contribution in [0.25, 0.3) is 16.9 Å². The molecule has 0 amide bonds. The molecular weight excluding hydrogens is 462 g/mol. The Bertz CT molecular complexity index is 1660. The van der Waals surface area contributed by atoms with Crippen molar-refractivity contribution >= 4 is 11.2 Å². The molecular formula is C28H24F2N4O2. The number of aromatic nitrogens is 4. The monoisotopic (exact) mass is 486 g/mol. The average molecular weight is 487 g/mol. The van der Waals surface area contributed by atoms with Crippen LogP contribution in [0.15, 0.2) is 88.7 Å². The van der Waals surface area contributed by atoms with Crippen LogP contribution in [0.3, 0.4) is 0 Å². The first-order valence-electron chi connectivity index (χ1n) is 11.6. The first-order valence-corrected chi connectivity index (χ1v) is 11.6. The summed E-state index contributed by atoms with van der Waals surface area (Å²) >= 11 is 0. The molecule has 8 heteroatoms. The van der Waals surface area contributed by atoms with Gasteiger partial charge in [-0.15, -0.1) is 0 Å². The van der Waals surface area contributed by atoms with Crippen molar-refractivity contribution in [2.24, 2.45) is 0 Å². The van der Waals surface area contributed by atoms with Crippen molar-refractivity contribution in [3.05, 3.63) is 128 Å². The van der Waals surface area contributed by atoms with Gasteiger partial charge in [-0.05, 0) is 47.4 Å². The van der Waals surface area contributed by atoms with Crippen molar-refractivity contribution in [2.75, 3.05) is 0 Å². The number of hydrogen-bond donors (Lipinski definition) is 0. The summed E-state index contributed by atoms with van der Waals surface area (Å²) in [5.74, 6) is -0.558. The molecule has 0 aliphatic carbocycles. The number of nitrogens with zero attached hydrogens (tertiary/aromatic N) is 4. The number of rotatable bonds is 6. The molecule has 0 atom stereocenters. The molecule has 0 aliphatic rings. The fourth-order valence-corrected chi connectivity index (χ4v) is 4.26. The van der Waals surface area contributed by atoms with Gasteiger partial charge >= 0.3 is 5.69 Å². The highest BCUT2D eigenvalue weighted by Crippen LogP contribution is 2.19. The van der Waals surface area contributed by atoms with E-state index in [1.807, 2.05) is 24.3 Å². The molecule has 0 radical (unpaired) electrons. The lowest BCUT2D eigenvalue weighted by molar-refractivity contribution is 0.586. The van der Waals surface area contributed by atoms with E-state index < -0.39 is 17.1 Å². The average Bonchev–Trinajstić information content (AvgIpc) is 3.28. The molecule has 3 aromatic carbocycles. The molecule has 0 bridgehead atoms. The highest BCUT2D eigenvalue weighted by atomic mass is 19.1. The van der Waals surface area contributed by atoms with E-state index in [0.29, 0.717) is 11.6 Å². The Kier molecular flexibility index (Phi) is 6.10. The topological polar surface area (TPSA) is 61.8 Å². The molecule has 0 N–H and O–H groups in total. The largest absolute Gasteiger partial charge is 0.337 e. The fourth-order valence-electron chi connectivity index (χ4n) is 4.26. The fraction of sp³-hybridized carbons (Fsp3) is 0.179. The second kappa shape index (κ2) is 9.37. The molecule has 0 saturated carbocycles. The Hall–Kier alpha value is -4.33. The lowest BCUT2D eigenvalue weighted by Crippen LogP contribution is -2.40. The Morgan fingerprint density at radius 1 is 0.861 bits per heavy atom. The van der Waals surface area contributed by atoms with Gasteiger partial charge in [0.05, 0.1) is 18.6 Å². The van der Waals surface area contributed by atoms with Crippen molar-refractivity contribution in [1.29, 1.82) is 0 Å². The van der Waals surface area contributed by atoms with Crippen molar-refractivity contribution in [1.82, 2.24) is 18.7 Å². The van der Waals surface area contributed by atoms with Crippen LogP contribution in [-0.4, -0.2) is 18.7 Å². The zero-order valence-corrected chi connectivity index (χ0v) is 19.9.